The number of methoxy groups -OCH3 is 1. The number of para-hydroxylation sites is 1. The molecule has 9 nitrogen and oxygen atoms in total. The van der Waals surface area contributed by atoms with Crippen LogP contribution in [0.15, 0.2) is 24.3 Å². The molecule has 154 valence electrons. The van der Waals surface area contributed by atoms with Crippen LogP contribution in [-0.4, -0.2) is 61.1 Å². The van der Waals surface area contributed by atoms with Crippen LogP contribution in [0, 0.1) is 24.0 Å². The van der Waals surface area contributed by atoms with Gasteiger partial charge in [0.1, 0.15) is 6.61 Å². The van der Waals surface area contributed by atoms with Crippen LogP contribution in [-0.2, 0) is 9.47 Å². The van der Waals surface area contributed by atoms with Gasteiger partial charge in [-0.3, -0.25) is 15.1 Å². The fourth-order valence-corrected chi connectivity index (χ4v) is 2.96. The first-order valence-electron chi connectivity index (χ1n) is 8.84. The van der Waals surface area contributed by atoms with E-state index >= 15 is 0 Å². The van der Waals surface area contributed by atoms with E-state index < -0.39 is 16.9 Å². The Kier molecular flexibility index (Phi) is 7.00. The first-order valence-corrected chi connectivity index (χ1v) is 8.84. The molecule has 1 aromatic heterocycles. The zero-order valence-electron chi connectivity index (χ0n) is 17.0. The highest BCUT2D eigenvalue weighted by molar-refractivity contribution is 6.08. The van der Waals surface area contributed by atoms with Gasteiger partial charge in [-0.25, -0.2) is 9.59 Å². The van der Waals surface area contributed by atoms with Crippen molar-refractivity contribution in [2.75, 3.05) is 34.4 Å². The molecule has 9 heteroatoms. The van der Waals surface area contributed by atoms with E-state index in [9.17, 15) is 19.7 Å². The van der Waals surface area contributed by atoms with Crippen molar-refractivity contribution in [3.05, 3.63) is 56.9 Å². The second kappa shape index (κ2) is 9.24. The molecule has 1 aromatic carbocycles. The first kappa shape index (κ1) is 22.0. The molecule has 0 saturated heterocycles. The molecule has 0 amide bonds. The van der Waals surface area contributed by atoms with Gasteiger partial charge < -0.3 is 14.4 Å². The molecule has 0 unspecified atom stereocenters. The number of benzene rings is 1. The molecular formula is C20H23N3O6. The summed E-state index contributed by atoms with van der Waals surface area (Å²) < 4.78 is 10.2. The summed E-state index contributed by atoms with van der Waals surface area (Å²) in [6, 6.07) is 5.89. The topological polar surface area (TPSA) is 112 Å². The number of aromatic nitrogens is 1. The number of nitro groups is 1. The van der Waals surface area contributed by atoms with Gasteiger partial charge in [0.25, 0.3) is 5.69 Å². The number of nitrogens with zero attached hydrogens (tertiary/aromatic N) is 3. The first-order chi connectivity index (χ1) is 13.7. The van der Waals surface area contributed by atoms with Gasteiger partial charge >= 0.3 is 11.9 Å². The molecular weight excluding hydrogens is 378 g/mol. The summed E-state index contributed by atoms with van der Waals surface area (Å²) >= 11 is 0. The molecule has 1 heterocycles. The van der Waals surface area contributed by atoms with Crippen molar-refractivity contribution in [3.63, 3.8) is 0 Å². The summed E-state index contributed by atoms with van der Waals surface area (Å²) in [5.41, 5.74) is 0.557. The van der Waals surface area contributed by atoms with E-state index in [4.69, 9.17) is 9.47 Å². The second-order valence-electron chi connectivity index (χ2n) is 6.61. The molecule has 0 aliphatic heterocycles. The number of ether oxygens (including phenoxy) is 2. The normalized spacial score (nSPS) is 10.7. The lowest BCUT2D eigenvalue weighted by molar-refractivity contribution is -0.384. The van der Waals surface area contributed by atoms with Crippen molar-refractivity contribution in [3.8, 4) is 11.1 Å². The van der Waals surface area contributed by atoms with Crippen molar-refractivity contribution < 1.29 is 24.0 Å². The predicted molar refractivity (Wildman–Crippen MR) is 106 cm³/mol. The summed E-state index contributed by atoms with van der Waals surface area (Å²) in [5.74, 6) is -1.46. The fourth-order valence-electron chi connectivity index (χ4n) is 2.96. The fraction of sp³-hybridized carbons (Fsp3) is 0.350. The van der Waals surface area contributed by atoms with Gasteiger partial charge in [-0.15, -0.1) is 0 Å². The van der Waals surface area contributed by atoms with Gasteiger partial charge in [-0.1, -0.05) is 12.1 Å². The summed E-state index contributed by atoms with van der Waals surface area (Å²) in [6.45, 7) is 3.78. The molecule has 0 radical (unpaired) electrons. The minimum atomic E-state index is -0.745. The number of carbonyl (C=O) groups excluding carboxylic acids is 2. The van der Waals surface area contributed by atoms with Crippen LogP contribution in [0.1, 0.15) is 32.1 Å². The molecule has 0 saturated carbocycles. The van der Waals surface area contributed by atoms with E-state index in [1.165, 1.54) is 25.3 Å². The van der Waals surface area contributed by atoms with Crippen LogP contribution < -0.4 is 0 Å². The largest absolute Gasteiger partial charge is 0.465 e. The van der Waals surface area contributed by atoms with Crippen LogP contribution in [0.2, 0.25) is 0 Å². The molecule has 0 aliphatic rings. The minimum Gasteiger partial charge on any atom is -0.465 e. The van der Waals surface area contributed by atoms with Crippen LogP contribution in [0.5, 0.6) is 0 Å². The number of aryl methyl sites for hydroxylation is 2. The number of esters is 2. The van der Waals surface area contributed by atoms with Crippen molar-refractivity contribution in [1.29, 1.82) is 0 Å². The highest BCUT2D eigenvalue weighted by atomic mass is 16.6. The van der Waals surface area contributed by atoms with E-state index in [1.54, 1.807) is 19.9 Å². The highest BCUT2D eigenvalue weighted by Gasteiger charge is 2.31. The van der Waals surface area contributed by atoms with E-state index in [0.717, 1.165) is 0 Å². The van der Waals surface area contributed by atoms with Crippen LogP contribution >= 0.6 is 0 Å². The van der Waals surface area contributed by atoms with Gasteiger partial charge in [0, 0.05) is 18.2 Å². The Morgan fingerprint density at radius 3 is 2.24 bits per heavy atom. The third kappa shape index (κ3) is 4.75. The average Bonchev–Trinajstić information content (AvgIpc) is 2.66. The van der Waals surface area contributed by atoms with Gasteiger partial charge in [0.15, 0.2) is 0 Å². The third-order valence-corrected chi connectivity index (χ3v) is 4.29. The summed E-state index contributed by atoms with van der Waals surface area (Å²) in [4.78, 5) is 42.6. The lowest BCUT2D eigenvalue weighted by Gasteiger charge is -2.18. The number of hydrogen-bond donors (Lipinski definition) is 0. The lowest BCUT2D eigenvalue weighted by atomic mass is 9.91. The number of hydrogen-bond acceptors (Lipinski definition) is 8. The monoisotopic (exact) mass is 401 g/mol. The third-order valence-electron chi connectivity index (χ3n) is 4.29. The van der Waals surface area contributed by atoms with E-state index in [2.05, 4.69) is 4.98 Å². The highest BCUT2D eigenvalue weighted by Crippen LogP contribution is 2.37. The smallest absolute Gasteiger partial charge is 0.340 e. The second-order valence-corrected chi connectivity index (χ2v) is 6.61. The summed E-state index contributed by atoms with van der Waals surface area (Å²) in [5, 5.41) is 11.6. The Bertz CT molecular complexity index is 955. The minimum absolute atomic E-state index is 0.00376. The van der Waals surface area contributed by atoms with E-state index in [-0.39, 0.29) is 34.5 Å². The molecule has 0 N–H and O–H groups in total. The zero-order chi connectivity index (χ0) is 21.7. The van der Waals surface area contributed by atoms with Crippen molar-refractivity contribution in [2.45, 2.75) is 13.8 Å². The van der Waals surface area contributed by atoms with E-state index in [1.807, 2.05) is 19.0 Å². The number of carbonyl (C=O) groups is 2. The standard InChI is InChI=1S/C20H23N3O6/c1-12-16(19(24)28-5)18(14-8-6-7-9-15(14)23(26)27)17(13(2)21-12)20(25)29-11-10-22(3)4/h6-9H,10-11H2,1-5H3. The van der Waals surface area contributed by atoms with Crippen molar-refractivity contribution >= 4 is 17.6 Å². The van der Waals surface area contributed by atoms with Crippen molar-refractivity contribution in [2.24, 2.45) is 0 Å². The number of likely N-dealkylation sites (N-methyl/N-ethyl adjacent to an activating group) is 1. The maximum atomic E-state index is 12.9. The maximum Gasteiger partial charge on any atom is 0.340 e. The molecule has 0 atom stereocenters. The maximum absolute atomic E-state index is 12.9. The van der Waals surface area contributed by atoms with Crippen LogP contribution in [0.4, 0.5) is 5.69 Å². The van der Waals surface area contributed by atoms with Gasteiger partial charge in [0.05, 0.1) is 40.1 Å². The Morgan fingerprint density at radius 2 is 1.69 bits per heavy atom. The zero-order valence-corrected chi connectivity index (χ0v) is 17.0. The molecule has 29 heavy (non-hydrogen) atoms. The quantitative estimate of drug-likeness (QED) is 0.395. The van der Waals surface area contributed by atoms with Gasteiger partial charge in [0.2, 0.25) is 0 Å². The van der Waals surface area contributed by atoms with Gasteiger partial charge in [-0.2, -0.15) is 0 Å². The Hall–Kier alpha value is -3.33. The number of pyridine rings is 1. The van der Waals surface area contributed by atoms with Crippen LogP contribution in [0.25, 0.3) is 11.1 Å². The molecule has 0 fully saturated rings. The Morgan fingerprint density at radius 1 is 1.10 bits per heavy atom. The molecule has 0 bridgehead atoms. The Labute approximate surface area is 168 Å². The summed E-state index contributed by atoms with van der Waals surface area (Å²) in [6.07, 6.45) is 0. The van der Waals surface area contributed by atoms with Crippen LogP contribution in [0.3, 0.4) is 0 Å². The molecule has 2 rings (SSSR count). The number of rotatable bonds is 7. The SMILES string of the molecule is COC(=O)c1c(C)nc(C)c(C(=O)OCCN(C)C)c1-c1ccccc1[N+](=O)[O-]. The summed E-state index contributed by atoms with van der Waals surface area (Å²) in [7, 11) is 4.86. The molecule has 0 aliphatic carbocycles. The van der Waals surface area contributed by atoms with Gasteiger partial charge in [-0.05, 0) is 34.0 Å². The number of nitro benzene ring substituents is 1. The Balaban J connectivity index is 2.79. The van der Waals surface area contributed by atoms with Crippen molar-refractivity contribution in [1.82, 2.24) is 9.88 Å². The van der Waals surface area contributed by atoms with E-state index in [0.29, 0.717) is 17.9 Å². The lowest BCUT2D eigenvalue weighted by Crippen LogP contribution is -2.22. The predicted octanol–water partition coefficient (Wildman–Crippen LogP) is 2.78. The molecule has 2 aromatic rings. The average molecular weight is 401 g/mol. The molecule has 0 spiro atoms.